The van der Waals surface area contributed by atoms with Gasteiger partial charge in [0.1, 0.15) is 5.75 Å². The zero-order chi connectivity index (χ0) is 24.7. The third kappa shape index (κ3) is 6.26. The summed E-state index contributed by atoms with van der Waals surface area (Å²) >= 11 is 0. The highest BCUT2D eigenvalue weighted by Crippen LogP contribution is 2.33. The van der Waals surface area contributed by atoms with Gasteiger partial charge in [0.25, 0.3) is 0 Å². The standard InChI is InChI=1S/C29H29NO4/c1-20-11-13-25(24(15-20)29(2,3)4)33-19-28(31)34-26-14-12-21(17-27(26)32-5)16-23(18-30)22-9-7-6-8-10-22/h6-17H,19H2,1-5H3/b23-16+. The van der Waals surface area contributed by atoms with Gasteiger partial charge < -0.3 is 14.2 Å². The molecule has 5 nitrogen and oxygen atoms in total. The quantitative estimate of drug-likeness (QED) is 0.180. The van der Waals surface area contributed by atoms with Crippen molar-refractivity contribution in [2.75, 3.05) is 13.7 Å². The minimum atomic E-state index is -0.538. The Morgan fingerprint density at radius 3 is 2.32 bits per heavy atom. The molecule has 0 spiro atoms. The van der Waals surface area contributed by atoms with Crippen LogP contribution < -0.4 is 14.2 Å². The minimum Gasteiger partial charge on any atom is -0.493 e. The number of rotatable bonds is 7. The lowest BCUT2D eigenvalue weighted by Gasteiger charge is -2.23. The van der Waals surface area contributed by atoms with Gasteiger partial charge >= 0.3 is 5.97 Å². The predicted molar refractivity (Wildman–Crippen MR) is 134 cm³/mol. The van der Waals surface area contributed by atoms with E-state index in [-0.39, 0.29) is 17.8 Å². The Labute approximate surface area is 201 Å². The Morgan fingerprint density at radius 2 is 1.68 bits per heavy atom. The normalized spacial score (nSPS) is 11.5. The topological polar surface area (TPSA) is 68.5 Å². The molecule has 0 fully saturated rings. The van der Waals surface area contributed by atoms with Gasteiger partial charge in [-0.3, -0.25) is 0 Å². The van der Waals surface area contributed by atoms with E-state index in [0.29, 0.717) is 17.1 Å². The van der Waals surface area contributed by atoms with Gasteiger partial charge in [0.2, 0.25) is 0 Å². The maximum absolute atomic E-state index is 12.5. The molecule has 3 rings (SSSR count). The molecule has 3 aromatic carbocycles. The first-order valence-electron chi connectivity index (χ1n) is 11.0. The fraction of sp³-hybridized carbons (Fsp3) is 0.241. The number of nitrogens with zero attached hydrogens (tertiary/aromatic N) is 1. The summed E-state index contributed by atoms with van der Waals surface area (Å²) in [6.45, 7) is 8.09. The molecule has 174 valence electrons. The van der Waals surface area contributed by atoms with Crippen LogP contribution in [0, 0.1) is 18.3 Å². The van der Waals surface area contributed by atoms with Crippen LogP contribution in [0.1, 0.15) is 43.0 Å². The van der Waals surface area contributed by atoms with Crippen LogP contribution >= 0.6 is 0 Å². The zero-order valence-electron chi connectivity index (χ0n) is 20.2. The van der Waals surface area contributed by atoms with Gasteiger partial charge in [0.05, 0.1) is 18.8 Å². The van der Waals surface area contributed by atoms with E-state index in [1.165, 1.54) is 7.11 Å². The minimum absolute atomic E-state index is 0.125. The summed E-state index contributed by atoms with van der Waals surface area (Å²) in [6.07, 6.45) is 1.76. The summed E-state index contributed by atoms with van der Waals surface area (Å²) in [5, 5.41) is 9.55. The number of benzene rings is 3. The van der Waals surface area contributed by atoms with E-state index in [4.69, 9.17) is 14.2 Å². The molecule has 0 bridgehead atoms. The number of carbonyl (C=O) groups excluding carboxylic acids is 1. The van der Waals surface area contributed by atoms with Gasteiger partial charge in [0, 0.05) is 0 Å². The Balaban J connectivity index is 1.74. The molecule has 0 N–H and O–H groups in total. The monoisotopic (exact) mass is 455 g/mol. The first kappa shape index (κ1) is 24.6. The number of hydrogen-bond donors (Lipinski definition) is 0. The molecule has 0 aromatic heterocycles. The Bertz CT molecular complexity index is 1230. The van der Waals surface area contributed by atoms with Crippen molar-refractivity contribution in [3.8, 4) is 23.3 Å². The van der Waals surface area contributed by atoms with Crippen molar-refractivity contribution in [1.29, 1.82) is 5.26 Å². The molecular weight excluding hydrogens is 426 g/mol. The van der Waals surface area contributed by atoms with Gasteiger partial charge in [0.15, 0.2) is 18.1 Å². The van der Waals surface area contributed by atoms with Crippen molar-refractivity contribution >= 4 is 17.6 Å². The van der Waals surface area contributed by atoms with E-state index >= 15 is 0 Å². The fourth-order valence-corrected chi connectivity index (χ4v) is 3.47. The molecule has 0 heterocycles. The van der Waals surface area contributed by atoms with Crippen molar-refractivity contribution in [3.63, 3.8) is 0 Å². The number of esters is 1. The van der Waals surface area contributed by atoms with Gasteiger partial charge in [-0.1, -0.05) is 74.9 Å². The predicted octanol–water partition coefficient (Wildman–Crippen LogP) is 6.35. The second kappa shape index (κ2) is 10.7. The lowest BCUT2D eigenvalue weighted by Crippen LogP contribution is -2.20. The molecule has 0 saturated carbocycles. The molecule has 0 saturated heterocycles. The lowest BCUT2D eigenvalue weighted by molar-refractivity contribution is -0.136. The smallest absolute Gasteiger partial charge is 0.349 e. The summed E-state index contributed by atoms with van der Waals surface area (Å²) in [4.78, 5) is 12.5. The number of aryl methyl sites for hydroxylation is 1. The summed E-state index contributed by atoms with van der Waals surface area (Å²) in [6, 6.07) is 22.7. The number of carbonyl (C=O) groups is 1. The van der Waals surface area contributed by atoms with Crippen LogP contribution in [-0.4, -0.2) is 19.7 Å². The van der Waals surface area contributed by atoms with Crippen molar-refractivity contribution in [2.24, 2.45) is 0 Å². The summed E-state index contributed by atoms with van der Waals surface area (Å²) in [5.41, 5.74) is 4.13. The Morgan fingerprint density at radius 1 is 0.971 bits per heavy atom. The first-order chi connectivity index (χ1) is 16.2. The summed E-state index contributed by atoms with van der Waals surface area (Å²) in [7, 11) is 1.50. The third-order valence-electron chi connectivity index (χ3n) is 5.22. The van der Waals surface area contributed by atoms with E-state index in [1.54, 1.807) is 24.3 Å². The third-order valence-corrected chi connectivity index (χ3v) is 5.22. The highest BCUT2D eigenvalue weighted by Gasteiger charge is 2.20. The fourth-order valence-electron chi connectivity index (χ4n) is 3.47. The van der Waals surface area contributed by atoms with Crippen LogP contribution in [-0.2, 0) is 10.2 Å². The largest absolute Gasteiger partial charge is 0.493 e. The van der Waals surface area contributed by atoms with E-state index in [0.717, 1.165) is 22.3 Å². The van der Waals surface area contributed by atoms with Crippen molar-refractivity contribution in [2.45, 2.75) is 33.1 Å². The van der Waals surface area contributed by atoms with Crippen molar-refractivity contribution < 1.29 is 19.0 Å². The molecule has 0 atom stereocenters. The maximum Gasteiger partial charge on any atom is 0.349 e. The average molecular weight is 456 g/mol. The van der Waals surface area contributed by atoms with E-state index in [2.05, 4.69) is 32.9 Å². The molecule has 5 heteroatoms. The zero-order valence-corrected chi connectivity index (χ0v) is 20.2. The van der Waals surface area contributed by atoms with E-state index < -0.39 is 5.97 Å². The number of nitriles is 1. The SMILES string of the molecule is COc1cc(/C=C(\C#N)c2ccccc2)ccc1OC(=O)COc1ccc(C)cc1C(C)(C)C. The lowest BCUT2D eigenvalue weighted by atomic mass is 9.85. The van der Waals surface area contributed by atoms with Crippen molar-refractivity contribution in [3.05, 3.63) is 89.0 Å². The summed E-state index contributed by atoms with van der Waals surface area (Å²) in [5.74, 6) is 0.793. The average Bonchev–Trinajstić information content (AvgIpc) is 2.82. The molecule has 0 unspecified atom stereocenters. The van der Waals surface area contributed by atoms with Crippen LogP contribution in [0.4, 0.5) is 0 Å². The van der Waals surface area contributed by atoms with Crippen molar-refractivity contribution in [1.82, 2.24) is 0 Å². The molecule has 0 aliphatic heterocycles. The molecule has 0 radical (unpaired) electrons. The molecule has 0 aliphatic rings. The Hall–Kier alpha value is -4.04. The van der Waals surface area contributed by atoms with Gasteiger partial charge in [-0.25, -0.2) is 4.79 Å². The molecule has 0 aliphatic carbocycles. The van der Waals surface area contributed by atoms with Crippen LogP contribution in [0.15, 0.2) is 66.7 Å². The molecule has 34 heavy (non-hydrogen) atoms. The van der Waals surface area contributed by atoms with Crippen LogP contribution in [0.2, 0.25) is 0 Å². The van der Waals surface area contributed by atoms with Crippen LogP contribution in [0.5, 0.6) is 17.2 Å². The van der Waals surface area contributed by atoms with E-state index in [1.807, 2.05) is 49.4 Å². The second-order valence-electron chi connectivity index (χ2n) is 8.96. The van der Waals surface area contributed by atoms with Gasteiger partial charge in [-0.05, 0) is 53.3 Å². The molecule has 3 aromatic rings. The van der Waals surface area contributed by atoms with Crippen LogP contribution in [0.25, 0.3) is 11.6 Å². The van der Waals surface area contributed by atoms with Crippen LogP contribution in [0.3, 0.4) is 0 Å². The molecule has 0 amide bonds. The number of methoxy groups -OCH3 is 1. The number of allylic oxidation sites excluding steroid dienone is 1. The summed E-state index contributed by atoms with van der Waals surface area (Å²) < 4.78 is 16.7. The maximum atomic E-state index is 12.5. The number of hydrogen-bond acceptors (Lipinski definition) is 5. The number of ether oxygens (including phenoxy) is 3. The Kier molecular flexibility index (Phi) is 7.75. The van der Waals surface area contributed by atoms with Gasteiger partial charge in [-0.15, -0.1) is 0 Å². The second-order valence-corrected chi connectivity index (χ2v) is 8.96. The van der Waals surface area contributed by atoms with E-state index in [9.17, 15) is 10.1 Å². The van der Waals surface area contributed by atoms with Gasteiger partial charge in [-0.2, -0.15) is 5.26 Å². The highest BCUT2D eigenvalue weighted by molar-refractivity contribution is 5.90. The first-order valence-corrected chi connectivity index (χ1v) is 11.0. The highest BCUT2D eigenvalue weighted by atomic mass is 16.6. The molecular formula is C29H29NO4.